The standard InChI is InChI=1S/C22H28ClN6O4S3/c1-27(2)19(30)11-16-12-29(8-6-24-16,22(31)28-7-5-17-21(26-28)34-13-25-17)36(32,33)20-9-14-3-4-15(23)10-18(14)35-20/h3-4,9-10,16,24-26H,5-8,11-13H2,1-2H3/q+1. The summed E-state index contributed by atoms with van der Waals surface area (Å²) in [5, 5.41) is 10.1. The van der Waals surface area contributed by atoms with E-state index >= 15 is 0 Å². The molecule has 10 nitrogen and oxygen atoms in total. The normalized spacial score (nSPS) is 24.3. The van der Waals surface area contributed by atoms with Gasteiger partial charge in [-0.05, 0) is 23.6 Å². The SMILES string of the molecule is CN(C)C(=O)CC1C[N+](C(=O)N2CCC3=C(N2)SCN3)(S(=O)(=O)c2cc3ccc(Cl)cc3s2)CCN1. The maximum Gasteiger partial charge on any atom is 0.453 e. The molecule has 3 amide bonds. The number of rotatable bonds is 4. The molecule has 0 radical (unpaired) electrons. The molecule has 0 bridgehead atoms. The Morgan fingerprint density at radius 3 is 2.86 bits per heavy atom. The van der Waals surface area contributed by atoms with Crippen molar-refractivity contribution in [2.75, 3.05) is 46.2 Å². The number of amides is 3. The summed E-state index contributed by atoms with van der Waals surface area (Å²) in [6.07, 6.45) is 0.712. The number of hydrazine groups is 1. The molecule has 0 aliphatic carbocycles. The minimum Gasteiger partial charge on any atom is -0.377 e. The number of quaternary nitrogens is 1. The molecule has 1 aromatic carbocycles. The minimum absolute atomic E-state index is 0.0504. The van der Waals surface area contributed by atoms with E-state index in [2.05, 4.69) is 16.1 Å². The fourth-order valence-corrected chi connectivity index (χ4v) is 9.43. The molecular formula is C22H28ClN6O4S3+. The molecule has 2 atom stereocenters. The van der Waals surface area contributed by atoms with Crippen molar-refractivity contribution in [3.63, 3.8) is 0 Å². The lowest BCUT2D eigenvalue weighted by Crippen LogP contribution is -2.71. The van der Waals surface area contributed by atoms with E-state index in [0.717, 1.165) is 32.1 Å². The largest absolute Gasteiger partial charge is 0.453 e. The monoisotopic (exact) mass is 571 g/mol. The average Bonchev–Trinajstić information content (AvgIpc) is 3.49. The van der Waals surface area contributed by atoms with Crippen LogP contribution in [-0.2, 0) is 14.8 Å². The van der Waals surface area contributed by atoms with Gasteiger partial charge in [0.1, 0.15) is 18.1 Å². The Bertz CT molecular complexity index is 1360. The second kappa shape index (κ2) is 9.69. The van der Waals surface area contributed by atoms with Gasteiger partial charge >= 0.3 is 16.1 Å². The highest BCUT2D eigenvalue weighted by molar-refractivity contribution is 8.03. The molecule has 1 saturated heterocycles. The summed E-state index contributed by atoms with van der Waals surface area (Å²) in [6.45, 7) is 0.631. The van der Waals surface area contributed by atoms with Crippen LogP contribution in [0.4, 0.5) is 4.79 Å². The lowest BCUT2D eigenvalue weighted by atomic mass is 10.1. The highest BCUT2D eigenvalue weighted by Crippen LogP contribution is 2.38. The van der Waals surface area contributed by atoms with Crippen LogP contribution >= 0.6 is 34.7 Å². The molecule has 3 N–H and O–H groups in total. The number of nitrogens with zero attached hydrogens (tertiary/aromatic N) is 3. The fraction of sp³-hybridized carbons (Fsp3) is 0.455. The molecule has 3 aliphatic rings. The van der Waals surface area contributed by atoms with Gasteiger partial charge in [0.15, 0.2) is 4.21 Å². The third-order valence-corrected chi connectivity index (χ3v) is 11.7. The summed E-state index contributed by atoms with van der Waals surface area (Å²) in [6, 6.07) is 5.83. The Labute approximate surface area is 223 Å². The molecule has 5 rings (SSSR count). The van der Waals surface area contributed by atoms with E-state index in [4.69, 9.17) is 11.6 Å². The van der Waals surface area contributed by atoms with E-state index in [0.29, 0.717) is 23.9 Å². The minimum atomic E-state index is -4.18. The lowest BCUT2D eigenvalue weighted by molar-refractivity contribution is -0.733. The van der Waals surface area contributed by atoms with E-state index in [9.17, 15) is 18.0 Å². The first-order valence-electron chi connectivity index (χ1n) is 11.5. The number of hydrogen-bond donors (Lipinski definition) is 3. The summed E-state index contributed by atoms with van der Waals surface area (Å²) in [5.74, 6) is 0.578. The Morgan fingerprint density at radius 2 is 2.08 bits per heavy atom. The zero-order valence-corrected chi connectivity index (χ0v) is 23.1. The van der Waals surface area contributed by atoms with Gasteiger partial charge in [0.2, 0.25) is 5.91 Å². The number of fused-ring (bicyclic) bond motifs is 1. The number of thioether (sulfide) groups is 1. The predicted octanol–water partition coefficient (Wildman–Crippen LogP) is 2.30. The Kier molecular flexibility index (Phi) is 6.89. The number of benzene rings is 1. The van der Waals surface area contributed by atoms with Gasteiger partial charge in [-0.25, -0.2) is 9.80 Å². The average molecular weight is 572 g/mol. The molecule has 4 heterocycles. The molecule has 2 aromatic rings. The molecule has 1 aromatic heterocycles. The smallest absolute Gasteiger partial charge is 0.377 e. The number of nitrogens with one attached hydrogen (secondary N) is 3. The molecule has 194 valence electrons. The number of halogens is 1. The van der Waals surface area contributed by atoms with Gasteiger partial charge in [0.05, 0.1) is 18.5 Å². The van der Waals surface area contributed by atoms with E-state index in [-0.39, 0.29) is 36.2 Å². The molecule has 14 heteroatoms. The summed E-state index contributed by atoms with van der Waals surface area (Å²) in [4.78, 5) is 28.1. The maximum atomic E-state index is 14.4. The van der Waals surface area contributed by atoms with Crippen molar-refractivity contribution in [1.29, 1.82) is 0 Å². The third kappa shape index (κ3) is 4.45. The van der Waals surface area contributed by atoms with Crippen LogP contribution in [0.1, 0.15) is 12.8 Å². The van der Waals surface area contributed by atoms with Crippen LogP contribution in [0.2, 0.25) is 5.02 Å². The quantitative estimate of drug-likeness (QED) is 0.480. The predicted molar refractivity (Wildman–Crippen MR) is 142 cm³/mol. The fourth-order valence-electron chi connectivity index (χ4n) is 4.70. The number of carbonyl (C=O) groups is 2. The summed E-state index contributed by atoms with van der Waals surface area (Å²) >= 11 is 8.80. The van der Waals surface area contributed by atoms with Crippen molar-refractivity contribution in [3.8, 4) is 0 Å². The first-order valence-corrected chi connectivity index (χ1v) is 15.2. The number of thiophene rings is 1. The van der Waals surface area contributed by atoms with Crippen molar-refractivity contribution in [3.05, 3.63) is 40.0 Å². The Balaban J connectivity index is 1.55. The molecule has 0 spiro atoms. The number of sulfonamides is 1. The topological polar surface area (TPSA) is 111 Å². The van der Waals surface area contributed by atoms with Gasteiger partial charge in [-0.1, -0.05) is 29.4 Å². The van der Waals surface area contributed by atoms with Crippen LogP contribution in [-0.4, -0.2) is 86.3 Å². The van der Waals surface area contributed by atoms with Crippen LogP contribution in [0.15, 0.2) is 39.2 Å². The third-order valence-electron chi connectivity index (χ3n) is 6.69. The van der Waals surface area contributed by atoms with Crippen LogP contribution in [0, 0.1) is 0 Å². The first kappa shape index (κ1) is 25.6. The molecule has 36 heavy (non-hydrogen) atoms. The van der Waals surface area contributed by atoms with Gasteiger partial charge in [0, 0.05) is 48.9 Å². The second-order valence-electron chi connectivity index (χ2n) is 9.23. The second-order valence-corrected chi connectivity index (χ2v) is 14.1. The molecular weight excluding hydrogens is 544 g/mol. The molecule has 1 fully saturated rings. The van der Waals surface area contributed by atoms with E-state index < -0.39 is 26.0 Å². The molecule has 2 unspecified atom stereocenters. The summed E-state index contributed by atoms with van der Waals surface area (Å²) in [7, 11) is -0.859. The Morgan fingerprint density at radius 1 is 1.28 bits per heavy atom. The number of carbonyl (C=O) groups excluding carboxylic acids is 2. The van der Waals surface area contributed by atoms with Crippen LogP contribution in [0.25, 0.3) is 10.1 Å². The van der Waals surface area contributed by atoms with Gasteiger partial charge in [-0.2, -0.15) is 8.42 Å². The van der Waals surface area contributed by atoms with E-state index in [1.54, 1.807) is 50.1 Å². The van der Waals surface area contributed by atoms with Gasteiger partial charge in [-0.3, -0.25) is 10.2 Å². The van der Waals surface area contributed by atoms with Crippen LogP contribution < -0.4 is 16.1 Å². The zero-order chi connectivity index (χ0) is 25.7. The van der Waals surface area contributed by atoms with Gasteiger partial charge in [0.25, 0.3) is 0 Å². The van der Waals surface area contributed by atoms with Crippen LogP contribution in [0.3, 0.4) is 0 Å². The zero-order valence-electron chi connectivity index (χ0n) is 19.9. The van der Waals surface area contributed by atoms with Crippen LogP contribution in [0.5, 0.6) is 0 Å². The van der Waals surface area contributed by atoms with Gasteiger partial charge in [-0.15, -0.1) is 15.2 Å². The van der Waals surface area contributed by atoms with Crippen molar-refractivity contribution in [1.82, 2.24) is 26.0 Å². The van der Waals surface area contributed by atoms with Crippen molar-refractivity contribution in [2.45, 2.75) is 23.1 Å². The van der Waals surface area contributed by atoms with Crippen molar-refractivity contribution >= 4 is 66.7 Å². The lowest BCUT2D eigenvalue weighted by Gasteiger charge is -2.43. The van der Waals surface area contributed by atoms with Crippen molar-refractivity contribution in [2.24, 2.45) is 0 Å². The van der Waals surface area contributed by atoms with Crippen molar-refractivity contribution < 1.29 is 21.9 Å². The molecule has 0 saturated carbocycles. The molecule has 3 aliphatic heterocycles. The van der Waals surface area contributed by atoms with Gasteiger partial charge < -0.3 is 15.5 Å². The maximum absolute atomic E-state index is 14.4. The highest BCUT2D eigenvalue weighted by atomic mass is 35.5. The number of urea groups is 1. The van der Waals surface area contributed by atoms with E-state index in [1.165, 1.54) is 9.91 Å². The first-order chi connectivity index (χ1) is 17.1. The van der Waals surface area contributed by atoms with E-state index in [1.807, 2.05) is 0 Å². The number of hydrogen-bond acceptors (Lipinski definition) is 9. The highest BCUT2D eigenvalue weighted by Gasteiger charge is 2.56. The summed E-state index contributed by atoms with van der Waals surface area (Å²) < 4.78 is 28.8. The number of piperazine rings is 1. The summed E-state index contributed by atoms with van der Waals surface area (Å²) in [5.41, 5.74) is 4.18. The Hall–Kier alpha value is -2.03.